The summed E-state index contributed by atoms with van der Waals surface area (Å²) < 4.78 is 49.0. The fourth-order valence-electron chi connectivity index (χ4n) is 3.67. The minimum atomic E-state index is -3.05. The number of thioether (sulfide) groups is 1. The second kappa shape index (κ2) is 8.71. The molecule has 0 bridgehead atoms. The van der Waals surface area contributed by atoms with Crippen molar-refractivity contribution in [2.75, 3.05) is 24.3 Å². The number of nitrogens with two attached hydrogens (primary N) is 1. The number of aliphatic imine (C=N–C) groups is 1. The topological polar surface area (TPSA) is 112 Å². The van der Waals surface area contributed by atoms with Crippen LogP contribution in [0.1, 0.15) is 22.5 Å². The van der Waals surface area contributed by atoms with Gasteiger partial charge in [0.05, 0.1) is 24.5 Å². The van der Waals surface area contributed by atoms with Crippen molar-refractivity contribution in [2.45, 2.75) is 18.6 Å². The van der Waals surface area contributed by atoms with E-state index in [4.69, 9.17) is 10.5 Å². The first-order chi connectivity index (χ1) is 14.9. The number of amidine groups is 1. The Morgan fingerprint density at radius 3 is 2.94 bits per heavy atom. The van der Waals surface area contributed by atoms with Crippen LogP contribution in [0, 0.1) is 11.7 Å². The van der Waals surface area contributed by atoms with Gasteiger partial charge in [-0.1, -0.05) is 11.8 Å². The second-order valence-corrected chi connectivity index (χ2v) is 8.01. The van der Waals surface area contributed by atoms with Crippen LogP contribution in [0.25, 0.3) is 0 Å². The van der Waals surface area contributed by atoms with E-state index >= 15 is 0 Å². The molecule has 0 aliphatic carbocycles. The summed E-state index contributed by atoms with van der Waals surface area (Å²) in [6, 6.07) is 4.19. The largest absolute Gasteiger partial charge is 0.415 e. The van der Waals surface area contributed by atoms with E-state index in [2.05, 4.69) is 25.0 Å². The number of aromatic nitrogens is 2. The predicted molar refractivity (Wildman–Crippen MR) is 108 cm³/mol. The fraction of sp³-hybridized carbons (Fsp3) is 0.368. The van der Waals surface area contributed by atoms with Gasteiger partial charge in [0.15, 0.2) is 5.17 Å². The molecule has 0 saturated carbocycles. The maximum atomic E-state index is 14.9. The standard InChI is InChI=1S/C19H18F3N5O3S/c20-13-2-1-11(26-16(28)14-6-25-15(7-24-14)30-17(21)22)5-12(13)19-3-4-29-8-10(19)9-31-18(23)27-19/h1-2,5-7,10,17H,3-4,8-9H2,(H2,23,27)(H,26,28). The van der Waals surface area contributed by atoms with Crippen LogP contribution in [0.3, 0.4) is 0 Å². The summed E-state index contributed by atoms with van der Waals surface area (Å²) in [4.78, 5) is 24.5. The third-order valence-electron chi connectivity index (χ3n) is 5.13. The van der Waals surface area contributed by atoms with Crippen LogP contribution in [0.2, 0.25) is 0 Å². The lowest BCUT2D eigenvalue weighted by molar-refractivity contribution is -0.0531. The Bertz CT molecular complexity index is 1010. The number of fused-ring (bicyclic) bond motifs is 1. The highest BCUT2D eigenvalue weighted by molar-refractivity contribution is 8.13. The Labute approximate surface area is 179 Å². The zero-order valence-electron chi connectivity index (χ0n) is 16.1. The summed E-state index contributed by atoms with van der Waals surface area (Å²) in [6.07, 6.45) is 2.39. The number of ether oxygens (including phenoxy) is 2. The molecule has 1 aromatic carbocycles. The van der Waals surface area contributed by atoms with Gasteiger partial charge in [0.2, 0.25) is 5.88 Å². The lowest BCUT2D eigenvalue weighted by Crippen LogP contribution is -2.47. The lowest BCUT2D eigenvalue weighted by Gasteiger charge is -2.44. The van der Waals surface area contributed by atoms with Crippen LogP contribution in [-0.2, 0) is 10.3 Å². The third-order valence-corrected chi connectivity index (χ3v) is 6.08. The number of alkyl halides is 2. The molecule has 31 heavy (non-hydrogen) atoms. The number of amides is 1. The Hall–Kier alpha value is -2.86. The smallest absolute Gasteiger partial charge is 0.388 e. The van der Waals surface area contributed by atoms with Crippen molar-refractivity contribution in [1.82, 2.24) is 9.97 Å². The quantitative estimate of drug-likeness (QED) is 0.716. The van der Waals surface area contributed by atoms with E-state index in [0.717, 1.165) is 12.4 Å². The molecule has 1 amide bonds. The van der Waals surface area contributed by atoms with Gasteiger partial charge in [-0.25, -0.2) is 14.4 Å². The van der Waals surface area contributed by atoms with E-state index in [-0.39, 0.29) is 11.6 Å². The Morgan fingerprint density at radius 2 is 2.19 bits per heavy atom. The van der Waals surface area contributed by atoms with Gasteiger partial charge in [0, 0.05) is 35.9 Å². The summed E-state index contributed by atoms with van der Waals surface area (Å²) in [5.41, 5.74) is 5.62. The molecule has 0 spiro atoms. The average molecular weight is 453 g/mol. The number of halogens is 3. The van der Waals surface area contributed by atoms with Crippen molar-refractivity contribution in [2.24, 2.45) is 16.6 Å². The number of anilines is 1. The van der Waals surface area contributed by atoms with E-state index in [9.17, 15) is 18.0 Å². The van der Waals surface area contributed by atoms with Gasteiger partial charge in [-0.2, -0.15) is 8.78 Å². The van der Waals surface area contributed by atoms with Crippen LogP contribution in [0.5, 0.6) is 5.88 Å². The maximum absolute atomic E-state index is 14.9. The number of carbonyl (C=O) groups excluding carboxylic acids is 1. The SMILES string of the molecule is NC1=NC2(c3cc(NC(=O)c4cnc(OC(F)F)cn4)ccc3F)CCOCC2CS1. The third kappa shape index (κ3) is 4.44. The average Bonchev–Trinajstić information content (AvgIpc) is 2.75. The summed E-state index contributed by atoms with van der Waals surface area (Å²) in [7, 11) is 0. The van der Waals surface area contributed by atoms with Gasteiger partial charge >= 0.3 is 6.61 Å². The van der Waals surface area contributed by atoms with Crippen molar-refractivity contribution in [3.63, 3.8) is 0 Å². The Balaban J connectivity index is 1.59. The van der Waals surface area contributed by atoms with Crippen LogP contribution in [-0.4, -0.2) is 46.6 Å². The van der Waals surface area contributed by atoms with E-state index < -0.39 is 29.8 Å². The summed E-state index contributed by atoms with van der Waals surface area (Å²) in [5.74, 6) is -0.926. The number of hydrogen-bond donors (Lipinski definition) is 2. The normalized spacial score (nSPS) is 23.1. The van der Waals surface area contributed by atoms with Gasteiger partial charge in [-0.15, -0.1) is 0 Å². The number of benzene rings is 1. The first-order valence-corrected chi connectivity index (χ1v) is 10.3. The molecule has 1 saturated heterocycles. The van der Waals surface area contributed by atoms with Crippen LogP contribution in [0.15, 0.2) is 35.6 Å². The van der Waals surface area contributed by atoms with E-state index in [0.29, 0.717) is 41.8 Å². The number of rotatable bonds is 5. The predicted octanol–water partition coefficient (Wildman–Crippen LogP) is 2.76. The van der Waals surface area contributed by atoms with Crippen molar-refractivity contribution in [3.8, 4) is 5.88 Å². The van der Waals surface area contributed by atoms with Gasteiger partial charge in [-0.3, -0.25) is 9.79 Å². The van der Waals surface area contributed by atoms with Crippen molar-refractivity contribution in [3.05, 3.63) is 47.7 Å². The summed E-state index contributed by atoms with van der Waals surface area (Å²) in [6.45, 7) is -2.20. The van der Waals surface area contributed by atoms with Gasteiger partial charge in [-0.05, 0) is 18.2 Å². The second-order valence-electron chi connectivity index (χ2n) is 6.97. The van der Waals surface area contributed by atoms with Crippen molar-refractivity contribution in [1.29, 1.82) is 0 Å². The van der Waals surface area contributed by atoms with E-state index in [1.807, 2.05) is 0 Å². The highest BCUT2D eigenvalue weighted by Gasteiger charge is 2.47. The molecule has 8 nitrogen and oxygen atoms in total. The van der Waals surface area contributed by atoms with Crippen LogP contribution < -0.4 is 15.8 Å². The fourth-order valence-corrected chi connectivity index (χ4v) is 4.65. The number of carbonyl (C=O) groups is 1. The van der Waals surface area contributed by atoms with E-state index in [1.54, 1.807) is 0 Å². The zero-order chi connectivity index (χ0) is 22.0. The lowest BCUT2D eigenvalue weighted by atomic mass is 9.75. The monoisotopic (exact) mass is 453 g/mol. The number of nitrogens with zero attached hydrogens (tertiary/aromatic N) is 3. The molecule has 2 aliphatic rings. The number of hydrogen-bond acceptors (Lipinski definition) is 8. The molecular formula is C19H18F3N5O3S. The number of nitrogens with one attached hydrogen (secondary N) is 1. The van der Waals surface area contributed by atoms with Gasteiger partial charge in [0.25, 0.3) is 5.91 Å². The van der Waals surface area contributed by atoms with Crippen LogP contribution in [0.4, 0.5) is 18.9 Å². The molecule has 2 unspecified atom stereocenters. The molecule has 2 aliphatic heterocycles. The molecule has 4 rings (SSSR count). The molecule has 2 atom stereocenters. The zero-order valence-corrected chi connectivity index (χ0v) is 16.9. The summed E-state index contributed by atoms with van der Waals surface area (Å²) >= 11 is 1.40. The van der Waals surface area contributed by atoms with Gasteiger partial charge < -0.3 is 20.5 Å². The molecule has 3 heterocycles. The molecule has 3 N–H and O–H groups in total. The molecule has 2 aromatic rings. The highest BCUT2D eigenvalue weighted by atomic mass is 32.2. The van der Waals surface area contributed by atoms with Crippen molar-refractivity contribution >= 4 is 28.5 Å². The van der Waals surface area contributed by atoms with Gasteiger partial charge in [0.1, 0.15) is 11.5 Å². The highest BCUT2D eigenvalue weighted by Crippen LogP contribution is 2.46. The molecule has 164 valence electrons. The Morgan fingerprint density at radius 1 is 1.35 bits per heavy atom. The molecule has 1 fully saturated rings. The van der Waals surface area contributed by atoms with E-state index in [1.165, 1.54) is 30.0 Å². The Kier molecular flexibility index (Phi) is 6.01. The maximum Gasteiger partial charge on any atom is 0.388 e. The minimum Gasteiger partial charge on any atom is -0.415 e. The van der Waals surface area contributed by atoms with Crippen molar-refractivity contribution < 1.29 is 27.4 Å². The summed E-state index contributed by atoms with van der Waals surface area (Å²) in [5, 5.41) is 3.00. The molecular weight excluding hydrogens is 435 g/mol. The molecule has 1 aromatic heterocycles. The van der Waals surface area contributed by atoms with Crippen LogP contribution >= 0.6 is 11.8 Å². The molecule has 12 heteroatoms. The first kappa shape index (κ1) is 21.4. The minimum absolute atomic E-state index is 0.0627. The first-order valence-electron chi connectivity index (χ1n) is 9.31. The molecule has 0 radical (unpaired) electrons.